The van der Waals surface area contributed by atoms with Crippen LogP contribution in [0.3, 0.4) is 0 Å². The maximum absolute atomic E-state index is 12.5. The van der Waals surface area contributed by atoms with Crippen LogP contribution < -0.4 is 14.4 Å². The Morgan fingerprint density at radius 1 is 1.12 bits per heavy atom. The highest BCUT2D eigenvalue weighted by molar-refractivity contribution is 7.92. The summed E-state index contributed by atoms with van der Waals surface area (Å²) in [5, 5.41) is 4.46. The first-order valence-corrected chi connectivity index (χ1v) is 14.3. The second-order valence-corrected chi connectivity index (χ2v) is 12.2. The molecular formula is C25H33Cl2N3O3S. The first-order chi connectivity index (χ1) is 16.2. The Hall–Kier alpha value is -1.51. The molecule has 1 saturated heterocycles. The fourth-order valence-corrected chi connectivity index (χ4v) is 6.70. The minimum atomic E-state index is -3.34. The van der Waals surface area contributed by atoms with Gasteiger partial charge in [-0.25, -0.2) is 8.42 Å². The van der Waals surface area contributed by atoms with Crippen LogP contribution >= 0.6 is 23.2 Å². The van der Waals surface area contributed by atoms with Gasteiger partial charge in [-0.15, -0.1) is 0 Å². The summed E-state index contributed by atoms with van der Waals surface area (Å²) < 4.78 is 32.1. The quantitative estimate of drug-likeness (QED) is 0.549. The van der Waals surface area contributed by atoms with Crippen molar-refractivity contribution in [1.82, 2.24) is 10.2 Å². The summed E-state index contributed by atoms with van der Waals surface area (Å²) in [7, 11) is 0.278. The molecule has 2 aliphatic heterocycles. The van der Waals surface area contributed by atoms with Crippen molar-refractivity contribution in [2.75, 3.05) is 57.4 Å². The number of rotatable bonds is 8. The van der Waals surface area contributed by atoms with Gasteiger partial charge in [0.1, 0.15) is 5.75 Å². The molecule has 0 aliphatic carbocycles. The molecule has 0 radical (unpaired) electrons. The van der Waals surface area contributed by atoms with E-state index in [0.717, 1.165) is 62.4 Å². The van der Waals surface area contributed by atoms with Crippen molar-refractivity contribution in [1.29, 1.82) is 0 Å². The van der Waals surface area contributed by atoms with Gasteiger partial charge in [0.25, 0.3) is 0 Å². The Morgan fingerprint density at radius 2 is 1.85 bits per heavy atom. The van der Waals surface area contributed by atoms with E-state index in [1.54, 1.807) is 11.4 Å². The Bertz CT molecular complexity index is 1130. The summed E-state index contributed by atoms with van der Waals surface area (Å²) in [4.78, 5) is 2.49. The minimum Gasteiger partial charge on any atom is -0.497 e. The first-order valence-electron chi connectivity index (χ1n) is 11.6. The van der Waals surface area contributed by atoms with Crippen molar-refractivity contribution in [3.05, 3.63) is 57.6 Å². The Morgan fingerprint density at radius 3 is 2.47 bits per heavy atom. The smallest absolute Gasteiger partial charge is 0.232 e. The van der Waals surface area contributed by atoms with E-state index < -0.39 is 10.0 Å². The van der Waals surface area contributed by atoms with Gasteiger partial charge in [0, 0.05) is 18.5 Å². The zero-order chi connectivity index (χ0) is 24.5. The average molecular weight is 527 g/mol. The molecule has 2 aromatic carbocycles. The van der Waals surface area contributed by atoms with Gasteiger partial charge >= 0.3 is 0 Å². The molecule has 6 nitrogen and oxygen atoms in total. The summed E-state index contributed by atoms with van der Waals surface area (Å²) in [6, 6.07) is 11.7. The molecule has 0 aromatic heterocycles. The molecule has 1 atom stereocenters. The molecule has 1 spiro atoms. The summed E-state index contributed by atoms with van der Waals surface area (Å²) in [5.74, 6) is 1.11. The lowest BCUT2D eigenvalue weighted by atomic mass is 9.74. The number of fused-ring (bicyclic) bond motifs is 2. The van der Waals surface area contributed by atoms with Crippen LogP contribution in [0.5, 0.6) is 5.75 Å². The highest BCUT2D eigenvalue weighted by atomic mass is 35.5. The number of likely N-dealkylation sites (N-methyl/N-ethyl adjacent to an activating group) is 1. The molecule has 1 fully saturated rings. The van der Waals surface area contributed by atoms with Gasteiger partial charge in [-0.2, -0.15) is 0 Å². The highest BCUT2D eigenvalue weighted by Crippen LogP contribution is 2.49. The van der Waals surface area contributed by atoms with Gasteiger partial charge in [-0.3, -0.25) is 4.31 Å². The van der Waals surface area contributed by atoms with Crippen LogP contribution in [0.4, 0.5) is 5.69 Å². The lowest BCUT2D eigenvalue weighted by molar-refractivity contribution is 0.163. The molecule has 0 amide bonds. The molecule has 9 heteroatoms. The summed E-state index contributed by atoms with van der Waals surface area (Å²) in [6.07, 6.45) is 4.14. The minimum absolute atomic E-state index is 0.169. The van der Waals surface area contributed by atoms with Gasteiger partial charge in [0.15, 0.2) is 0 Å². The number of benzene rings is 2. The van der Waals surface area contributed by atoms with Gasteiger partial charge < -0.3 is 15.0 Å². The second-order valence-electron chi connectivity index (χ2n) is 9.49. The molecule has 2 heterocycles. The Labute approximate surface area is 213 Å². The molecule has 0 unspecified atom stereocenters. The largest absolute Gasteiger partial charge is 0.497 e. The predicted octanol–water partition coefficient (Wildman–Crippen LogP) is 4.51. The number of anilines is 1. The molecule has 0 saturated carbocycles. The predicted molar refractivity (Wildman–Crippen MR) is 140 cm³/mol. The molecule has 2 aromatic rings. The van der Waals surface area contributed by atoms with Crippen LogP contribution in [0.15, 0.2) is 36.4 Å². The Kier molecular flexibility index (Phi) is 7.70. The van der Waals surface area contributed by atoms with Gasteiger partial charge in [0.2, 0.25) is 10.0 Å². The topological polar surface area (TPSA) is 61.9 Å². The third-order valence-electron chi connectivity index (χ3n) is 7.36. The van der Waals surface area contributed by atoms with Crippen LogP contribution in [0, 0.1) is 0 Å². The Balaban J connectivity index is 1.46. The van der Waals surface area contributed by atoms with Gasteiger partial charge in [0.05, 0.1) is 29.1 Å². The van der Waals surface area contributed by atoms with E-state index in [-0.39, 0.29) is 5.41 Å². The number of hydrogen-bond acceptors (Lipinski definition) is 5. The van der Waals surface area contributed by atoms with E-state index >= 15 is 0 Å². The summed E-state index contributed by atoms with van der Waals surface area (Å²) in [5.41, 5.74) is 2.92. The molecule has 1 N–H and O–H groups in total. The zero-order valence-electron chi connectivity index (χ0n) is 20.0. The van der Waals surface area contributed by atoms with Gasteiger partial charge in [-0.05, 0) is 93.3 Å². The SMILES string of the molecule is CNC[C@@H](CCN1CCC2(CC1)CN(S(C)(=O)=O)c1ccc(OC)cc12)c1ccc(Cl)c(Cl)c1. The molecule has 2 aliphatic rings. The molecule has 0 bridgehead atoms. The maximum atomic E-state index is 12.5. The number of likely N-dealkylation sites (tertiary alicyclic amines) is 1. The number of sulfonamides is 1. The van der Waals surface area contributed by atoms with Crippen molar-refractivity contribution in [3.63, 3.8) is 0 Å². The van der Waals surface area contributed by atoms with Crippen LogP contribution in [0.25, 0.3) is 0 Å². The normalized spacial score (nSPS) is 18.8. The average Bonchev–Trinajstić information content (AvgIpc) is 3.13. The standard InChI is InChI=1S/C25H33Cl2N3O3S/c1-28-16-19(18-4-6-22(26)23(27)14-18)8-11-29-12-9-25(10-13-29)17-30(34(3,31)32)24-7-5-20(33-2)15-21(24)25/h4-7,14-15,19,28H,8-13,16-17H2,1-3H3/t19-/m1/s1. The second kappa shape index (κ2) is 10.2. The molecule has 4 rings (SSSR count). The van der Waals surface area contributed by atoms with Crippen LogP contribution in [0.2, 0.25) is 10.0 Å². The highest BCUT2D eigenvalue weighted by Gasteiger charge is 2.47. The number of ether oxygens (including phenoxy) is 1. The third-order valence-corrected chi connectivity index (χ3v) is 9.23. The van der Waals surface area contributed by atoms with Crippen LogP contribution in [-0.4, -0.2) is 66.5 Å². The molecular weight excluding hydrogens is 493 g/mol. The summed E-state index contributed by atoms with van der Waals surface area (Å²) >= 11 is 12.4. The number of nitrogens with one attached hydrogen (secondary N) is 1. The van der Waals surface area contributed by atoms with E-state index in [1.165, 1.54) is 11.8 Å². The maximum Gasteiger partial charge on any atom is 0.232 e. The van der Waals surface area contributed by atoms with Crippen molar-refractivity contribution in [3.8, 4) is 5.75 Å². The van der Waals surface area contributed by atoms with Crippen molar-refractivity contribution in [2.24, 2.45) is 0 Å². The van der Waals surface area contributed by atoms with E-state index in [1.807, 2.05) is 37.4 Å². The fraction of sp³-hybridized carbons (Fsp3) is 0.520. The zero-order valence-corrected chi connectivity index (χ0v) is 22.3. The number of piperidine rings is 1. The van der Waals surface area contributed by atoms with Crippen molar-refractivity contribution in [2.45, 2.75) is 30.6 Å². The van der Waals surface area contributed by atoms with E-state index in [4.69, 9.17) is 27.9 Å². The number of hydrogen-bond donors (Lipinski definition) is 1. The van der Waals surface area contributed by atoms with Crippen molar-refractivity contribution >= 4 is 38.9 Å². The number of nitrogens with zero attached hydrogens (tertiary/aromatic N) is 2. The fourth-order valence-electron chi connectivity index (χ4n) is 5.40. The molecule has 34 heavy (non-hydrogen) atoms. The number of halogens is 2. The van der Waals surface area contributed by atoms with Gasteiger partial charge in [-0.1, -0.05) is 29.3 Å². The summed E-state index contributed by atoms with van der Waals surface area (Å²) in [6.45, 7) is 4.22. The number of methoxy groups -OCH3 is 1. The van der Waals surface area contributed by atoms with Crippen molar-refractivity contribution < 1.29 is 13.2 Å². The molecule has 186 valence electrons. The lowest BCUT2D eigenvalue weighted by Crippen LogP contribution is -2.46. The lowest BCUT2D eigenvalue weighted by Gasteiger charge is -2.40. The first kappa shape index (κ1) is 25.6. The van der Waals surface area contributed by atoms with E-state index in [9.17, 15) is 8.42 Å². The van der Waals surface area contributed by atoms with Crippen LogP contribution in [0.1, 0.15) is 36.3 Å². The van der Waals surface area contributed by atoms with Crippen LogP contribution in [-0.2, 0) is 15.4 Å². The van der Waals surface area contributed by atoms with E-state index in [0.29, 0.717) is 22.5 Å². The van der Waals surface area contributed by atoms with E-state index in [2.05, 4.69) is 16.3 Å². The third kappa shape index (κ3) is 5.19. The monoisotopic (exact) mass is 525 g/mol.